The van der Waals surface area contributed by atoms with Crippen molar-refractivity contribution in [3.63, 3.8) is 0 Å². The molecule has 3 heterocycles. The van der Waals surface area contributed by atoms with Gasteiger partial charge in [-0.1, -0.05) is 91.0 Å². The van der Waals surface area contributed by atoms with Gasteiger partial charge >= 0.3 is 0 Å². The number of aromatic hydroxyl groups is 1. The van der Waals surface area contributed by atoms with Gasteiger partial charge in [0, 0.05) is 43.9 Å². The number of hydrogen-bond donors (Lipinski definition) is 1. The number of aryl methyl sites for hydroxylation is 3. The van der Waals surface area contributed by atoms with Gasteiger partial charge in [-0.15, -0.1) is 0 Å². The minimum atomic E-state index is 0.260. The fourth-order valence-corrected chi connectivity index (χ4v) is 9.36. The van der Waals surface area contributed by atoms with E-state index in [0.29, 0.717) is 0 Å². The second-order valence-electron chi connectivity index (χ2n) is 16.4. The summed E-state index contributed by atoms with van der Waals surface area (Å²) in [5.41, 5.74) is 19.1. The number of fused-ring (bicyclic) bond motifs is 9. The molecule has 12 rings (SSSR count). The molecule has 0 saturated heterocycles. The molecule has 0 amide bonds. The van der Waals surface area contributed by atoms with Crippen molar-refractivity contribution in [2.45, 2.75) is 20.8 Å². The van der Waals surface area contributed by atoms with Crippen molar-refractivity contribution in [2.75, 3.05) is 0 Å². The number of furan rings is 3. The highest BCUT2D eigenvalue weighted by Crippen LogP contribution is 2.43. The molecule has 0 spiro atoms. The Morgan fingerprint density at radius 3 is 1.31 bits per heavy atom. The van der Waals surface area contributed by atoms with Crippen LogP contribution in [0.25, 0.3) is 121 Å². The molecule has 4 heteroatoms. The molecule has 9 aromatic carbocycles. The van der Waals surface area contributed by atoms with Crippen molar-refractivity contribution in [3.8, 4) is 61.4 Å². The molecule has 3 aromatic heterocycles. The summed E-state index contributed by atoms with van der Waals surface area (Å²) in [7, 11) is 0. The Morgan fingerprint density at radius 1 is 0.279 bits per heavy atom. The first-order valence-corrected chi connectivity index (χ1v) is 20.7. The highest BCUT2D eigenvalue weighted by atomic mass is 16.3. The minimum Gasteiger partial charge on any atom is -0.507 e. The van der Waals surface area contributed by atoms with Crippen LogP contribution in [0.1, 0.15) is 16.7 Å². The van der Waals surface area contributed by atoms with Crippen LogP contribution in [-0.2, 0) is 0 Å². The van der Waals surface area contributed by atoms with Gasteiger partial charge in [0.05, 0.1) is 0 Å². The van der Waals surface area contributed by atoms with Crippen LogP contribution < -0.4 is 0 Å². The lowest BCUT2D eigenvalue weighted by atomic mass is 9.91. The Balaban J connectivity index is 0.969. The summed E-state index contributed by atoms with van der Waals surface area (Å²) in [6.45, 7) is 6.37. The largest absolute Gasteiger partial charge is 0.507 e. The summed E-state index contributed by atoms with van der Waals surface area (Å²) in [5.74, 6) is 0.260. The van der Waals surface area contributed by atoms with Gasteiger partial charge in [-0.25, -0.2) is 0 Å². The van der Waals surface area contributed by atoms with Crippen LogP contribution in [-0.4, -0.2) is 5.11 Å². The molecule has 12 aromatic rings. The normalized spacial score (nSPS) is 11.9. The second kappa shape index (κ2) is 13.4. The Kier molecular flexibility index (Phi) is 7.69. The molecule has 61 heavy (non-hydrogen) atoms. The smallest absolute Gasteiger partial charge is 0.139 e. The van der Waals surface area contributed by atoms with E-state index < -0.39 is 0 Å². The Labute approximate surface area is 351 Å². The second-order valence-corrected chi connectivity index (χ2v) is 16.4. The van der Waals surface area contributed by atoms with Crippen LogP contribution in [0.4, 0.5) is 0 Å². The molecule has 0 saturated carbocycles. The molecule has 0 radical (unpaired) electrons. The Hall–Kier alpha value is -7.82. The van der Waals surface area contributed by atoms with E-state index in [9.17, 15) is 5.11 Å². The lowest BCUT2D eigenvalue weighted by Crippen LogP contribution is -1.90. The average molecular weight is 787 g/mol. The van der Waals surface area contributed by atoms with Crippen molar-refractivity contribution in [1.82, 2.24) is 0 Å². The van der Waals surface area contributed by atoms with E-state index in [1.807, 2.05) is 36.4 Å². The van der Waals surface area contributed by atoms with Gasteiger partial charge in [-0.2, -0.15) is 0 Å². The molecule has 1 N–H and O–H groups in total. The van der Waals surface area contributed by atoms with Gasteiger partial charge in [0.25, 0.3) is 0 Å². The topological polar surface area (TPSA) is 59.7 Å². The first kappa shape index (κ1) is 35.2. The van der Waals surface area contributed by atoms with E-state index in [1.54, 1.807) is 6.07 Å². The number of phenolic OH excluding ortho intramolecular Hbond substituents is 1. The minimum absolute atomic E-state index is 0.260. The Morgan fingerprint density at radius 2 is 0.705 bits per heavy atom. The number of hydrogen-bond acceptors (Lipinski definition) is 4. The number of benzene rings is 9. The molecule has 0 atom stereocenters. The molecule has 290 valence electrons. The summed E-state index contributed by atoms with van der Waals surface area (Å²) in [5, 5.41) is 17.5. The predicted molar refractivity (Wildman–Crippen MR) is 251 cm³/mol. The molecule has 4 nitrogen and oxygen atoms in total. The van der Waals surface area contributed by atoms with Crippen molar-refractivity contribution < 1.29 is 18.4 Å². The molecule has 0 unspecified atom stereocenters. The van der Waals surface area contributed by atoms with Gasteiger partial charge in [-0.3, -0.25) is 0 Å². The third kappa shape index (κ3) is 5.67. The first-order valence-electron chi connectivity index (χ1n) is 20.7. The van der Waals surface area contributed by atoms with Crippen LogP contribution in [0.3, 0.4) is 0 Å². The molecule has 0 aliphatic rings. The zero-order chi connectivity index (χ0) is 40.9. The maximum absolute atomic E-state index is 11.1. The third-order valence-corrected chi connectivity index (χ3v) is 12.6. The van der Waals surface area contributed by atoms with Gasteiger partial charge in [0.1, 0.15) is 39.2 Å². The van der Waals surface area contributed by atoms with Crippen molar-refractivity contribution in [3.05, 3.63) is 187 Å². The highest BCUT2D eigenvalue weighted by molar-refractivity contribution is 6.17. The Bertz CT molecular complexity index is 3730. The SMILES string of the molecule is Cc1cc2oc3cc4oc5cc(C)c(-c6ccc7oc8ccc(-c9ccccc9)cc8c7c6)cc5c4cc3c2cc1-c1ccc(C)c(-c2cc(-c3ccccc3)ccc2O)c1. The van der Waals surface area contributed by atoms with Gasteiger partial charge in [0.15, 0.2) is 0 Å². The van der Waals surface area contributed by atoms with E-state index >= 15 is 0 Å². The van der Waals surface area contributed by atoms with E-state index in [2.05, 4.69) is 148 Å². The van der Waals surface area contributed by atoms with Crippen LogP contribution in [0, 0.1) is 20.8 Å². The van der Waals surface area contributed by atoms with Crippen molar-refractivity contribution >= 4 is 65.8 Å². The third-order valence-electron chi connectivity index (χ3n) is 12.6. The summed E-state index contributed by atoms with van der Waals surface area (Å²) in [4.78, 5) is 0. The van der Waals surface area contributed by atoms with Crippen molar-refractivity contribution in [1.29, 1.82) is 0 Å². The zero-order valence-corrected chi connectivity index (χ0v) is 33.8. The summed E-state index contributed by atoms with van der Waals surface area (Å²) < 4.78 is 19.4. The molecule has 0 aliphatic heterocycles. The molecular weight excluding hydrogens is 749 g/mol. The van der Waals surface area contributed by atoms with Gasteiger partial charge in [0.2, 0.25) is 0 Å². The summed E-state index contributed by atoms with van der Waals surface area (Å²) in [6, 6.07) is 59.2. The van der Waals surface area contributed by atoms with Crippen LogP contribution in [0.2, 0.25) is 0 Å². The molecule has 0 fully saturated rings. The van der Waals surface area contributed by atoms with E-state index in [0.717, 1.165) is 133 Å². The van der Waals surface area contributed by atoms with Gasteiger partial charge in [-0.05, 0) is 160 Å². The standard InChI is InChI=1S/C57H38O4/c1-32-14-15-39(26-43(32)44-24-37(16-19-51(44)58)35-10-6-4-7-11-35)41-28-47-49-30-50-48-29-42(34(3)23-55(48)61-57(50)31-56(49)60-54(47)22-33(41)2)40-18-21-53-46(27-40)45-25-38(17-20-52(45)59-53)36-12-8-5-9-13-36/h4-31,58H,1-3H3. The summed E-state index contributed by atoms with van der Waals surface area (Å²) in [6.07, 6.45) is 0. The average Bonchev–Trinajstić information content (AvgIpc) is 3.95. The highest BCUT2D eigenvalue weighted by Gasteiger charge is 2.19. The zero-order valence-electron chi connectivity index (χ0n) is 33.8. The predicted octanol–water partition coefficient (Wildman–Crippen LogP) is 16.4. The van der Waals surface area contributed by atoms with Crippen molar-refractivity contribution in [2.24, 2.45) is 0 Å². The van der Waals surface area contributed by atoms with Gasteiger partial charge < -0.3 is 18.4 Å². The quantitative estimate of drug-likeness (QED) is 0.189. The number of rotatable bonds is 5. The molecule has 0 aliphatic carbocycles. The van der Waals surface area contributed by atoms with Crippen LogP contribution in [0.5, 0.6) is 5.75 Å². The molecule has 0 bridgehead atoms. The van der Waals surface area contributed by atoms with E-state index in [4.69, 9.17) is 13.3 Å². The van der Waals surface area contributed by atoms with Crippen LogP contribution in [0.15, 0.2) is 183 Å². The lowest BCUT2D eigenvalue weighted by molar-refractivity contribution is 0.477. The van der Waals surface area contributed by atoms with Crippen LogP contribution >= 0.6 is 0 Å². The monoisotopic (exact) mass is 786 g/mol. The number of phenols is 1. The van der Waals surface area contributed by atoms with E-state index in [-0.39, 0.29) is 5.75 Å². The maximum atomic E-state index is 11.1. The molecular formula is C57H38O4. The fraction of sp³-hybridized carbons (Fsp3) is 0.0526. The first-order chi connectivity index (χ1) is 29.8. The van der Waals surface area contributed by atoms with E-state index in [1.165, 1.54) is 5.56 Å². The summed E-state index contributed by atoms with van der Waals surface area (Å²) >= 11 is 0. The fourth-order valence-electron chi connectivity index (χ4n) is 9.36. The lowest BCUT2D eigenvalue weighted by Gasteiger charge is -2.14. The maximum Gasteiger partial charge on any atom is 0.139 e.